The number of rotatable bonds is 5. The normalized spacial score (nSPS) is 15.5. The van der Waals surface area contributed by atoms with Crippen molar-refractivity contribution in [2.24, 2.45) is 0 Å². The van der Waals surface area contributed by atoms with E-state index in [2.05, 4.69) is 5.32 Å². The summed E-state index contributed by atoms with van der Waals surface area (Å²) in [5, 5.41) is 2.78. The highest BCUT2D eigenvalue weighted by Crippen LogP contribution is 2.26. The molecular weight excluding hydrogens is 356 g/mol. The zero-order valence-electron chi connectivity index (χ0n) is 14.6. The highest BCUT2D eigenvalue weighted by atomic mass is 32.2. The van der Waals surface area contributed by atoms with Crippen molar-refractivity contribution in [2.75, 3.05) is 36.1 Å². The van der Waals surface area contributed by atoms with Crippen LogP contribution in [0, 0.1) is 0 Å². The van der Waals surface area contributed by atoms with Crippen molar-refractivity contribution in [2.45, 2.75) is 6.42 Å². The summed E-state index contributed by atoms with van der Waals surface area (Å²) in [5.74, 6) is 0.889. The van der Waals surface area contributed by atoms with Crippen LogP contribution in [0.4, 0.5) is 11.4 Å². The van der Waals surface area contributed by atoms with E-state index in [0.29, 0.717) is 41.4 Å². The summed E-state index contributed by atoms with van der Waals surface area (Å²) in [7, 11) is -0.185. The Morgan fingerprint density at radius 1 is 1.04 bits per heavy atom. The van der Waals surface area contributed by atoms with Gasteiger partial charge in [0, 0.05) is 23.9 Å². The van der Waals surface area contributed by atoms with Crippen molar-refractivity contribution in [3.8, 4) is 11.5 Å². The first-order valence-electron chi connectivity index (χ1n) is 8.08. The SMILES string of the molecule is COc1cc(OC)cc(C(=O)Nc2ccc(N3CCCS3(=O)=O)cc2)c1. The molecule has 0 unspecified atom stereocenters. The van der Waals surface area contributed by atoms with Crippen LogP contribution in [-0.4, -0.2) is 40.8 Å². The van der Waals surface area contributed by atoms with Gasteiger partial charge in [-0.1, -0.05) is 0 Å². The number of ether oxygens (including phenoxy) is 2. The lowest BCUT2D eigenvalue weighted by Crippen LogP contribution is -2.24. The lowest BCUT2D eigenvalue weighted by molar-refractivity contribution is 0.102. The summed E-state index contributed by atoms with van der Waals surface area (Å²) in [6.45, 7) is 0.484. The summed E-state index contributed by atoms with van der Waals surface area (Å²) in [6.07, 6.45) is 0.624. The largest absolute Gasteiger partial charge is 0.497 e. The molecular formula is C18H20N2O5S. The molecule has 1 heterocycles. The van der Waals surface area contributed by atoms with Crippen molar-refractivity contribution < 1.29 is 22.7 Å². The van der Waals surface area contributed by atoms with E-state index in [1.54, 1.807) is 42.5 Å². The molecule has 1 saturated heterocycles. The minimum Gasteiger partial charge on any atom is -0.497 e. The van der Waals surface area contributed by atoms with Gasteiger partial charge in [0.1, 0.15) is 11.5 Å². The number of anilines is 2. The van der Waals surface area contributed by atoms with E-state index in [4.69, 9.17) is 9.47 Å². The Labute approximate surface area is 152 Å². The molecule has 26 heavy (non-hydrogen) atoms. The van der Waals surface area contributed by atoms with E-state index in [-0.39, 0.29) is 11.7 Å². The van der Waals surface area contributed by atoms with Crippen molar-refractivity contribution in [1.82, 2.24) is 0 Å². The number of carbonyl (C=O) groups excluding carboxylic acids is 1. The maximum absolute atomic E-state index is 12.5. The number of carbonyl (C=O) groups is 1. The quantitative estimate of drug-likeness (QED) is 0.867. The van der Waals surface area contributed by atoms with E-state index in [0.717, 1.165) is 0 Å². The van der Waals surface area contributed by atoms with E-state index < -0.39 is 10.0 Å². The monoisotopic (exact) mass is 376 g/mol. The predicted octanol–water partition coefficient (Wildman–Crippen LogP) is 2.50. The van der Waals surface area contributed by atoms with Crippen LogP contribution >= 0.6 is 0 Å². The Kier molecular flexibility index (Phi) is 5.03. The molecule has 7 nitrogen and oxygen atoms in total. The van der Waals surface area contributed by atoms with Crippen LogP contribution in [0.3, 0.4) is 0 Å². The van der Waals surface area contributed by atoms with Crippen molar-refractivity contribution >= 4 is 27.3 Å². The number of methoxy groups -OCH3 is 2. The van der Waals surface area contributed by atoms with Crippen LogP contribution in [0.25, 0.3) is 0 Å². The van der Waals surface area contributed by atoms with Crippen molar-refractivity contribution in [3.05, 3.63) is 48.0 Å². The molecule has 0 spiro atoms. The molecule has 0 atom stereocenters. The summed E-state index contributed by atoms with van der Waals surface area (Å²) >= 11 is 0. The highest BCUT2D eigenvalue weighted by molar-refractivity contribution is 7.93. The molecule has 1 amide bonds. The Hall–Kier alpha value is -2.74. The second kappa shape index (κ2) is 7.25. The number of hydrogen-bond donors (Lipinski definition) is 1. The smallest absolute Gasteiger partial charge is 0.255 e. The Balaban J connectivity index is 1.76. The van der Waals surface area contributed by atoms with Gasteiger partial charge < -0.3 is 14.8 Å². The number of hydrogen-bond acceptors (Lipinski definition) is 5. The molecule has 0 radical (unpaired) electrons. The van der Waals surface area contributed by atoms with Gasteiger partial charge >= 0.3 is 0 Å². The van der Waals surface area contributed by atoms with Gasteiger partial charge in [-0.05, 0) is 42.8 Å². The third-order valence-corrected chi connectivity index (χ3v) is 6.00. The molecule has 1 N–H and O–H groups in total. The van der Waals surface area contributed by atoms with Crippen LogP contribution in [0.1, 0.15) is 16.8 Å². The Bertz CT molecular complexity index is 887. The van der Waals surface area contributed by atoms with Crippen LogP contribution in [0.2, 0.25) is 0 Å². The standard InChI is InChI=1S/C18H20N2O5S/c1-24-16-10-13(11-17(12-16)25-2)18(21)19-14-4-6-15(7-5-14)20-8-3-9-26(20,22)23/h4-7,10-12H,3,8-9H2,1-2H3,(H,19,21). The van der Waals surface area contributed by atoms with Gasteiger partial charge in [0.25, 0.3) is 5.91 Å². The van der Waals surface area contributed by atoms with Crippen molar-refractivity contribution in [1.29, 1.82) is 0 Å². The van der Waals surface area contributed by atoms with Gasteiger partial charge in [0.15, 0.2) is 0 Å². The third-order valence-electron chi connectivity index (χ3n) is 4.13. The van der Waals surface area contributed by atoms with Crippen LogP contribution < -0.4 is 19.1 Å². The summed E-state index contributed by atoms with van der Waals surface area (Å²) in [5.41, 5.74) is 1.56. The molecule has 0 aliphatic carbocycles. The zero-order valence-corrected chi connectivity index (χ0v) is 15.4. The second-order valence-corrected chi connectivity index (χ2v) is 7.86. The molecule has 1 aliphatic heterocycles. The van der Waals surface area contributed by atoms with E-state index >= 15 is 0 Å². The van der Waals surface area contributed by atoms with Crippen LogP contribution in [0.5, 0.6) is 11.5 Å². The molecule has 0 saturated carbocycles. The molecule has 0 aromatic heterocycles. The van der Waals surface area contributed by atoms with Gasteiger partial charge in [-0.2, -0.15) is 0 Å². The lowest BCUT2D eigenvalue weighted by atomic mass is 10.1. The molecule has 2 aromatic carbocycles. The van der Waals surface area contributed by atoms with Crippen LogP contribution in [0.15, 0.2) is 42.5 Å². The molecule has 3 rings (SSSR count). The zero-order chi connectivity index (χ0) is 18.7. The van der Waals surface area contributed by atoms with Gasteiger partial charge in [0.05, 0.1) is 25.7 Å². The molecule has 2 aromatic rings. The predicted molar refractivity (Wildman–Crippen MR) is 99.7 cm³/mol. The number of nitrogens with zero attached hydrogens (tertiary/aromatic N) is 1. The number of benzene rings is 2. The average molecular weight is 376 g/mol. The second-order valence-electron chi connectivity index (χ2n) is 5.84. The number of amides is 1. The first-order chi connectivity index (χ1) is 12.4. The highest BCUT2D eigenvalue weighted by Gasteiger charge is 2.28. The van der Waals surface area contributed by atoms with Crippen molar-refractivity contribution in [3.63, 3.8) is 0 Å². The number of nitrogens with one attached hydrogen (secondary N) is 1. The fourth-order valence-electron chi connectivity index (χ4n) is 2.78. The maximum atomic E-state index is 12.5. The van der Waals surface area contributed by atoms with Gasteiger partial charge in [-0.15, -0.1) is 0 Å². The van der Waals surface area contributed by atoms with E-state index in [1.165, 1.54) is 18.5 Å². The third kappa shape index (κ3) is 3.75. The topological polar surface area (TPSA) is 84.9 Å². The molecule has 138 valence electrons. The summed E-state index contributed by atoms with van der Waals surface area (Å²) < 4.78 is 35.7. The van der Waals surface area contributed by atoms with E-state index in [9.17, 15) is 13.2 Å². The fourth-order valence-corrected chi connectivity index (χ4v) is 4.35. The Morgan fingerprint density at radius 3 is 2.15 bits per heavy atom. The Morgan fingerprint density at radius 2 is 1.65 bits per heavy atom. The first kappa shape index (κ1) is 18.1. The first-order valence-corrected chi connectivity index (χ1v) is 9.69. The van der Waals surface area contributed by atoms with Gasteiger partial charge in [-0.3, -0.25) is 9.10 Å². The molecule has 1 aliphatic rings. The molecule has 8 heteroatoms. The molecule has 1 fully saturated rings. The van der Waals surface area contributed by atoms with E-state index in [1.807, 2.05) is 0 Å². The molecule has 0 bridgehead atoms. The summed E-state index contributed by atoms with van der Waals surface area (Å²) in [4.78, 5) is 12.5. The minimum atomic E-state index is -3.22. The summed E-state index contributed by atoms with van der Waals surface area (Å²) in [6, 6.07) is 11.6. The lowest BCUT2D eigenvalue weighted by Gasteiger charge is -2.17. The minimum absolute atomic E-state index is 0.170. The van der Waals surface area contributed by atoms with Gasteiger partial charge in [-0.25, -0.2) is 8.42 Å². The van der Waals surface area contributed by atoms with Crippen LogP contribution in [-0.2, 0) is 10.0 Å². The van der Waals surface area contributed by atoms with Gasteiger partial charge in [0.2, 0.25) is 10.0 Å². The number of sulfonamides is 1. The fraction of sp³-hybridized carbons (Fsp3) is 0.278. The maximum Gasteiger partial charge on any atom is 0.255 e. The average Bonchev–Trinajstić information content (AvgIpc) is 3.01.